The Morgan fingerprint density at radius 2 is 1.81 bits per heavy atom. The first-order valence-corrected chi connectivity index (χ1v) is 5.99. The summed E-state index contributed by atoms with van der Waals surface area (Å²) in [7, 11) is 0. The lowest BCUT2D eigenvalue weighted by atomic mass is 10.1. The maximum absolute atomic E-state index is 13.6. The number of carboxylic acids is 1. The van der Waals surface area contributed by atoms with Crippen molar-refractivity contribution in [3.05, 3.63) is 64.7 Å². The van der Waals surface area contributed by atoms with Gasteiger partial charge in [-0.05, 0) is 36.8 Å². The normalized spacial score (nSPS) is 10.2. The lowest BCUT2D eigenvalue weighted by molar-refractivity contribution is 0.0691. The molecule has 108 valence electrons. The molecular formula is C15H11F2NO3. The molecule has 2 aromatic rings. The molecule has 0 aliphatic carbocycles. The summed E-state index contributed by atoms with van der Waals surface area (Å²) < 4.78 is 27.1. The molecule has 2 N–H and O–H groups in total. The van der Waals surface area contributed by atoms with Crippen molar-refractivity contribution in [2.24, 2.45) is 0 Å². The second-order valence-electron chi connectivity index (χ2n) is 4.39. The standard InChI is InChI=1S/C15H11F2NO3/c1-8-3-2-4-11(16)13(8)14(19)18-9-5-6-10(15(20)21)12(17)7-9/h2-7H,1H3,(H,18,19)(H,20,21). The van der Waals surface area contributed by atoms with E-state index in [1.807, 2.05) is 0 Å². The summed E-state index contributed by atoms with van der Waals surface area (Å²) >= 11 is 0. The fourth-order valence-electron chi connectivity index (χ4n) is 1.88. The zero-order valence-electron chi connectivity index (χ0n) is 11.0. The van der Waals surface area contributed by atoms with Crippen LogP contribution in [0.5, 0.6) is 0 Å². The largest absolute Gasteiger partial charge is 0.478 e. The number of anilines is 1. The highest BCUT2D eigenvalue weighted by Crippen LogP contribution is 2.18. The number of halogens is 2. The lowest BCUT2D eigenvalue weighted by Crippen LogP contribution is -2.15. The number of hydrogen-bond acceptors (Lipinski definition) is 2. The highest BCUT2D eigenvalue weighted by molar-refractivity contribution is 6.05. The smallest absolute Gasteiger partial charge is 0.338 e. The van der Waals surface area contributed by atoms with E-state index < -0.39 is 29.1 Å². The van der Waals surface area contributed by atoms with Crippen molar-refractivity contribution in [2.75, 3.05) is 5.32 Å². The number of carbonyl (C=O) groups excluding carboxylic acids is 1. The van der Waals surface area contributed by atoms with Crippen LogP contribution in [0, 0.1) is 18.6 Å². The highest BCUT2D eigenvalue weighted by atomic mass is 19.1. The van der Waals surface area contributed by atoms with Gasteiger partial charge in [0.15, 0.2) is 0 Å². The van der Waals surface area contributed by atoms with Crippen molar-refractivity contribution in [1.29, 1.82) is 0 Å². The first-order valence-electron chi connectivity index (χ1n) is 5.99. The lowest BCUT2D eigenvalue weighted by Gasteiger charge is -2.09. The third-order valence-corrected chi connectivity index (χ3v) is 2.91. The molecule has 4 nitrogen and oxygen atoms in total. The van der Waals surface area contributed by atoms with Gasteiger partial charge in [-0.3, -0.25) is 4.79 Å². The second kappa shape index (κ2) is 5.70. The minimum absolute atomic E-state index is 0.0464. The molecule has 0 aliphatic heterocycles. The van der Waals surface area contributed by atoms with E-state index in [0.717, 1.165) is 18.2 Å². The first-order chi connectivity index (χ1) is 9.90. The fourth-order valence-corrected chi connectivity index (χ4v) is 1.88. The predicted octanol–water partition coefficient (Wildman–Crippen LogP) is 3.22. The van der Waals surface area contributed by atoms with Gasteiger partial charge in [0.1, 0.15) is 11.6 Å². The van der Waals surface area contributed by atoms with E-state index in [-0.39, 0.29) is 11.3 Å². The Hall–Kier alpha value is -2.76. The summed E-state index contributed by atoms with van der Waals surface area (Å²) in [6.07, 6.45) is 0. The molecule has 0 radical (unpaired) electrons. The molecule has 0 saturated heterocycles. The molecule has 0 atom stereocenters. The number of benzene rings is 2. The van der Waals surface area contributed by atoms with Crippen LogP contribution in [0.4, 0.5) is 14.5 Å². The van der Waals surface area contributed by atoms with Gasteiger partial charge in [0.25, 0.3) is 5.91 Å². The van der Waals surface area contributed by atoms with Gasteiger partial charge in [-0.25, -0.2) is 13.6 Å². The molecule has 0 unspecified atom stereocenters. The van der Waals surface area contributed by atoms with Gasteiger partial charge in [-0.2, -0.15) is 0 Å². The second-order valence-corrected chi connectivity index (χ2v) is 4.39. The zero-order valence-corrected chi connectivity index (χ0v) is 11.0. The summed E-state index contributed by atoms with van der Waals surface area (Å²) in [5, 5.41) is 11.0. The van der Waals surface area contributed by atoms with Crippen molar-refractivity contribution >= 4 is 17.6 Å². The molecule has 0 aromatic heterocycles. The molecule has 2 rings (SSSR count). The average Bonchev–Trinajstić information content (AvgIpc) is 2.37. The molecular weight excluding hydrogens is 280 g/mol. The van der Waals surface area contributed by atoms with Crippen LogP contribution in [0.25, 0.3) is 0 Å². The van der Waals surface area contributed by atoms with Gasteiger partial charge in [0.2, 0.25) is 0 Å². The molecule has 6 heteroatoms. The summed E-state index contributed by atoms with van der Waals surface area (Å²) in [6, 6.07) is 7.34. The Morgan fingerprint density at radius 3 is 2.38 bits per heavy atom. The quantitative estimate of drug-likeness (QED) is 0.912. The number of aromatic carboxylic acids is 1. The van der Waals surface area contributed by atoms with E-state index in [2.05, 4.69) is 5.32 Å². The molecule has 1 amide bonds. The Morgan fingerprint density at radius 1 is 1.10 bits per heavy atom. The van der Waals surface area contributed by atoms with Crippen LogP contribution in [0.15, 0.2) is 36.4 Å². The van der Waals surface area contributed by atoms with Gasteiger partial charge >= 0.3 is 5.97 Å². The van der Waals surface area contributed by atoms with Gasteiger partial charge in [-0.1, -0.05) is 12.1 Å². The van der Waals surface area contributed by atoms with E-state index in [0.29, 0.717) is 5.56 Å². The minimum atomic E-state index is -1.41. The number of hydrogen-bond donors (Lipinski definition) is 2. The van der Waals surface area contributed by atoms with Gasteiger partial charge in [0, 0.05) is 5.69 Å². The SMILES string of the molecule is Cc1cccc(F)c1C(=O)Nc1ccc(C(=O)O)c(F)c1. The third-order valence-electron chi connectivity index (χ3n) is 2.91. The Balaban J connectivity index is 2.28. The van der Waals surface area contributed by atoms with E-state index in [9.17, 15) is 18.4 Å². The maximum Gasteiger partial charge on any atom is 0.338 e. The predicted molar refractivity (Wildman–Crippen MR) is 72.4 cm³/mol. The topological polar surface area (TPSA) is 66.4 Å². The van der Waals surface area contributed by atoms with Gasteiger partial charge < -0.3 is 10.4 Å². The molecule has 0 heterocycles. The summed E-state index contributed by atoms with van der Waals surface area (Å²) in [6.45, 7) is 1.58. The highest BCUT2D eigenvalue weighted by Gasteiger charge is 2.16. The monoisotopic (exact) mass is 291 g/mol. The molecule has 0 saturated carbocycles. The van der Waals surface area contributed by atoms with Gasteiger partial charge in [0.05, 0.1) is 11.1 Å². The van der Waals surface area contributed by atoms with Crippen molar-refractivity contribution in [3.8, 4) is 0 Å². The van der Waals surface area contributed by atoms with Crippen molar-refractivity contribution < 1.29 is 23.5 Å². The van der Waals surface area contributed by atoms with Crippen LogP contribution >= 0.6 is 0 Å². The van der Waals surface area contributed by atoms with Gasteiger partial charge in [-0.15, -0.1) is 0 Å². The van der Waals surface area contributed by atoms with Crippen LogP contribution < -0.4 is 5.32 Å². The number of rotatable bonds is 3. The Bertz CT molecular complexity index is 709. The molecule has 21 heavy (non-hydrogen) atoms. The molecule has 0 fully saturated rings. The summed E-state index contributed by atoms with van der Waals surface area (Å²) in [5.74, 6) is -3.80. The number of nitrogens with one attached hydrogen (secondary N) is 1. The van der Waals surface area contributed by atoms with Crippen LogP contribution in [0.3, 0.4) is 0 Å². The average molecular weight is 291 g/mol. The van der Waals surface area contributed by atoms with Crippen LogP contribution in [-0.2, 0) is 0 Å². The first kappa shape index (κ1) is 14.6. The molecule has 0 spiro atoms. The van der Waals surface area contributed by atoms with Crippen molar-refractivity contribution in [3.63, 3.8) is 0 Å². The maximum atomic E-state index is 13.6. The van der Waals surface area contributed by atoms with Crippen LogP contribution in [0.1, 0.15) is 26.3 Å². The van der Waals surface area contributed by atoms with Crippen LogP contribution in [-0.4, -0.2) is 17.0 Å². The molecule has 2 aromatic carbocycles. The number of amides is 1. The Kier molecular flexibility index (Phi) is 3.98. The molecule has 0 bridgehead atoms. The van der Waals surface area contributed by atoms with Crippen molar-refractivity contribution in [2.45, 2.75) is 6.92 Å². The summed E-state index contributed by atoms with van der Waals surface area (Å²) in [4.78, 5) is 22.7. The van der Waals surface area contributed by atoms with E-state index in [1.54, 1.807) is 13.0 Å². The van der Waals surface area contributed by atoms with Crippen molar-refractivity contribution in [1.82, 2.24) is 0 Å². The zero-order chi connectivity index (χ0) is 15.6. The Labute approximate surface area is 119 Å². The number of carboxylic acid groups (broad SMARTS) is 1. The number of aryl methyl sites for hydroxylation is 1. The fraction of sp³-hybridized carbons (Fsp3) is 0.0667. The minimum Gasteiger partial charge on any atom is -0.478 e. The van der Waals surface area contributed by atoms with E-state index >= 15 is 0 Å². The third kappa shape index (κ3) is 3.05. The molecule has 0 aliphatic rings. The van der Waals surface area contributed by atoms with E-state index in [4.69, 9.17) is 5.11 Å². The summed E-state index contributed by atoms with van der Waals surface area (Å²) in [5.41, 5.74) is -0.157. The van der Waals surface area contributed by atoms with E-state index in [1.165, 1.54) is 12.1 Å². The van der Waals surface area contributed by atoms with Crippen LogP contribution in [0.2, 0.25) is 0 Å². The number of carbonyl (C=O) groups is 2.